The number of unbranched alkanes of at least 4 members (excludes halogenated alkanes) is 2. The van der Waals surface area contributed by atoms with Crippen molar-refractivity contribution in [2.75, 3.05) is 0 Å². The molecule has 0 amide bonds. The zero-order chi connectivity index (χ0) is 24.0. The Bertz CT molecular complexity index is 1190. The summed E-state index contributed by atoms with van der Waals surface area (Å²) in [7, 11) is 0. The number of nitrogens with zero attached hydrogens (tertiary/aromatic N) is 7. The molecule has 0 aliphatic carbocycles. The van der Waals surface area contributed by atoms with Gasteiger partial charge in [0.25, 0.3) is 0 Å². The van der Waals surface area contributed by atoms with Gasteiger partial charge in [-0.3, -0.25) is 4.98 Å². The van der Waals surface area contributed by atoms with Crippen LogP contribution in [-0.4, -0.2) is 40.4 Å². The second-order valence-corrected chi connectivity index (χ2v) is 8.25. The van der Waals surface area contributed by atoms with Crippen LogP contribution in [0.15, 0.2) is 42.6 Å². The maximum atomic E-state index is 14.5. The Labute approximate surface area is 196 Å². The number of pyridine rings is 1. The Kier molecular flexibility index (Phi) is 7.34. The molecular weight excluding hydrogens is 438 g/mol. The minimum absolute atomic E-state index is 0.257. The van der Waals surface area contributed by atoms with Crippen LogP contribution in [0.4, 0.5) is 8.78 Å². The van der Waals surface area contributed by atoms with Gasteiger partial charge in [-0.2, -0.15) is 14.0 Å². The second-order valence-electron chi connectivity index (χ2n) is 8.25. The lowest BCUT2D eigenvalue weighted by Gasteiger charge is -2.10. The monoisotopic (exact) mass is 466 g/mol. The molecule has 0 atom stereocenters. The van der Waals surface area contributed by atoms with E-state index in [1.54, 1.807) is 17.8 Å². The summed E-state index contributed by atoms with van der Waals surface area (Å²) in [4.78, 5) is 8.76. The van der Waals surface area contributed by atoms with Gasteiger partial charge in [0.05, 0.1) is 5.69 Å². The third-order valence-corrected chi connectivity index (χ3v) is 5.60. The number of H-pyrrole nitrogens is 1. The predicted molar refractivity (Wildman–Crippen MR) is 124 cm³/mol. The summed E-state index contributed by atoms with van der Waals surface area (Å²) >= 11 is 0. The van der Waals surface area contributed by atoms with Crippen molar-refractivity contribution in [2.45, 2.75) is 64.8 Å². The lowest BCUT2D eigenvalue weighted by atomic mass is 10.0. The first-order valence-corrected chi connectivity index (χ1v) is 11.6. The van der Waals surface area contributed by atoms with Crippen molar-refractivity contribution in [3.8, 4) is 22.6 Å². The van der Waals surface area contributed by atoms with Crippen molar-refractivity contribution in [2.24, 2.45) is 0 Å². The van der Waals surface area contributed by atoms with Gasteiger partial charge in [-0.1, -0.05) is 51.0 Å². The van der Waals surface area contributed by atoms with Crippen molar-refractivity contribution in [1.82, 2.24) is 40.4 Å². The summed E-state index contributed by atoms with van der Waals surface area (Å²) in [6.07, 6.45) is 5.18. The second kappa shape index (κ2) is 10.6. The number of aromatic amines is 1. The van der Waals surface area contributed by atoms with Gasteiger partial charge >= 0.3 is 5.92 Å². The normalized spacial score (nSPS) is 11.8. The van der Waals surface area contributed by atoms with Gasteiger partial charge in [-0.05, 0) is 35.8 Å². The van der Waals surface area contributed by atoms with Crippen molar-refractivity contribution >= 4 is 0 Å². The Morgan fingerprint density at radius 2 is 1.85 bits per heavy atom. The molecule has 4 aromatic rings. The van der Waals surface area contributed by atoms with E-state index in [2.05, 4.69) is 42.6 Å². The van der Waals surface area contributed by atoms with E-state index >= 15 is 0 Å². The van der Waals surface area contributed by atoms with Crippen LogP contribution in [0.2, 0.25) is 0 Å². The summed E-state index contributed by atoms with van der Waals surface area (Å²) in [6.45, 7) is 4.43. The SMILES string of the molecule is CCCCCn1nc(C(F)(F)CCC)nc1Cc1ccc(-c2ncccc2-c2nn[nH]n2)cc1. The molecule has 8 nitrogen and oxygen atoms in total. The summed E-state index contributed by atoms with van der Waals surface area (Å²) in [5, 5.41) is 18.4. The number of hydrogen-bond acceptors (Lipinski definition) is 6. The number of aryl methyl sites for hydroxylation is 1. The van der Waals surface area contributed by atoms with Crippen LogP contribution < -0.4 is 0 Å². The molecule has 3 aromatic heterocycles. The highest BCUT2D eigenvalue weighted by molar-refractivity contribution is 5.76. The van der Waals surface area contributed by atoms with Gasteiger partial charge in [0, 0.05) is 36.7 Å². The zero-order valence-electron chi connectivity index (χ0n) is 19.4. The third-order valence-electron chi connectivity index (χ3n) is 5.60. The van der Waals surface area contributed by atoms with E-state index in [-0.39, 0.29) is 12.2 Å². The average molecular weight is 467 g/mol. The minimum Gasteiger partial charge on any atom is -0.255 e. The number of tetrazole rings is 1. The molecule has 34 heavy (non-hydrogen) atoms. The topological polar surface area (TPSA) is 98.1 Å². The molecule has 0 saturated carbocycles. The van der Waals surface area contributed by atoms with Gasteiger partial charge in [-0.15, -0.1) is 15.3 Å². The lowest BCUT2D eigenvalue weighted by molar-refractivity contribution is -0.0232. The van der Waals surface area contributed by atoms with E-state index in [9.17, 15) is 8.78 Å². The Hall–Kier alpha value is -3.56. The summed E-state index contributed by atoms with van der Waals surface area (Å²) in [6, 6.07) is 11.5. The smallest absolute Gasteiger partial charge is 0.255 e. The first kappa shape index (κ1) is 23.6. The molecule has 10 heteroatoms. The number of halogens is 2. The molecule has 0 aliphatic heterocycles. The quantitative estimate of drug-likeness (QED) is 0.305. The summed E-state index contributed by atoms with van der Waals surface area (Å²) < 4.78 is 30.7. The molecule has 3 heterocycles. The van der Waals surface area contributed by atoms with Crippen molar-refractivity contribution in [1.29, 1.82) is 0 Å². The maximum absolute atomic E-state index is 14.5. The van der Waals surface area contributed by atoms with Gasteiger partial charge in [0.1, 0.15) is 5.82 Å². The largest absolute Gasteiger partial charge is 0.308 e. The number of aromatic nitrogens is 8. The molecule has 178 valence electrons. The number of rotatable bonds is 11. The first-order valence-electron chi connectivity index (χ1n) is 11.6. The molecule has 0 bridgehead atoms. The van der Waals surface area contributed by atoms with E-state index in [0.717, 1.165) is 41.6 Å². The number of benzene rings is 1. The standard InChI is InChI=1S/C24H28F2N8/c1-3-5-6-15-34-20(28-23(31-34)24(25,26)13-4-2)16-17-9-11-18(12-10-17)21-19(8-7-14-27-21)22-29-32-33-30-22/h7-12,14H,3-6,13,15-16H2,1-2H3,(H,29,30,32,33). The fraction of sp³-hybridized carbons (Fsp3) is 0.417. The third kappa shape index (κ3) is 5.32. The van der Waals surface area contributed by atoms with Crippen LogP contribution in [0.1, 0.15) is 63.2 Å². The maximum Gasteiger partial charge on any atom is 0.308 e. The van der Waals surface area contributed by atoms with E-state index in [0.29, 0.717) is 31.0 Å². The lowest BCUT2D eigenvalue weighted by Crippen LogP contribution is -2.15. The molecule has 0 saturated heterocycles. The minimum atomic E-state index is -3.02. The average Bonchev–Trinajstić information content (AvgIpc) is 3.51. The van der Waals surface area contributed by atoms with Gasteiger partial charge in [0.15, 0.2) is 0 Å². The molecule has 0 unspecified atom stereocenters. The summed E-state index contributed by atoms with van der Waals surface area (Å²) in [5.41, 5.74) is 3.35. The molecule has 0 aliphatic rings. The first-order chi connectivity index (χ1) is 16.5. The van der Waals surface area contributed by atoms with Crippen molar-refractivity contribution in [3.63, 3.8) is 0 Å². The molecule has 1 aromatic carbocycles. The van der Waals surface area contributed by atoms with Gasteiger partial charge < -0.3 is 0 Å². The van der Waals surface area contributed by atoms with Gasteiger partial charge in [0.2, 0.25) is 11.6 Å². The summed E-state index contributed by atoms with van der Waals surface area (Å²) in [5.74, 6) is -2.38. The van der Waals surface area contributed by atoms with Crippen LogP contribution in [0.25, 0.3) is 22.6 Å². The zero-order valence-corrected chi connectivity index (χ0v) is 19.4. The Morgan fingerprint density at radius 1 is 1.03 bits per heavy atom. The highest BCUT2D eigenvalue weighted by atomic mass is 19.3. The Morgan fingerprint density at radius 3 is 2.56 bits per heavy atom. The van der Waals surface area contributed by atoms with Crippen LogP contribution in [-0.2, 0) is 18.9 Å². The van der Waals surface area contributed by atoms with Crippen LogP contribution in [0.3, 0.4) is 0 Å². The fourth-order valence-electron chi connectivity index (χ4n) is 3.83. The van der Waals surface area contributed by atoms with Crippen LogP contribution in [0.5, 0.6) is 0 Å². The van der Waals surface area contributed by atoms with E-state index in [1.807, 2.05) is 36.4 Å². The molecule has 4 rings (SSSR count). The molecule has 0 radical (unpaired) electrons. The van der Waals surface area contributed by atoms with Crippen LogP contribution in [0, 0.1) is 0 Å². The van der Waals surface area contributed by atoms with Crippen molar-refractivity contribution in [3.05, 3.63) is 59.8 Å². The Balaban J connectivity index is 1.58. The fourth-order valence-corrected chi connectivity index (χ4v) is 3.83. The number of hydrogen-bond donors (Lipinski definition) is 1. The molecule has 0 fully saturated rings. The van der Waals surface area contributed by atoms with Crippen LogP contribution >= 0.6 is 0 Å². The van der Waals surface area contributed by atoms with Gasteiger partial charge in [-0.25, -0.2) is 9.67 Å². The molecular formula is C24H28F2N8. The number of alkyl halides is 2. The van der Waals surface area contributed by atoms with E-state index in [1.165, 1.54) is 0 Å². The van der Waals surface area contributed by atoms with Crippen molar-refractivity contribution < 1.29 is 8.78 Å². The molecule has 0 spiro atoms. The predicted octanol–water partition coefficient (Wildman–Crippen LogP) is 5.19. The highest BCUT2D eigenvalue weighted by Gasteiger charge is 2.36. The van der Waals surface area contributed by atoms with E-state index < -0.39 is 5.92 Å². The van der Waals surface area contributed by atoms with E-state index in [4.69, 9.17) is 0 Å². The highest BCUT2D eigenvalue weighted by Crippen LogP contribution is 2.31. The number of nitrogens with one attached hydrogen (secondary N) is 1. The molecule has 1 N–H and O–H groups in total.